The van der Waals surface area contributed by atoms with Gasteiger partial charge in [0.2, 0.25) is 5.24 Å². The lowest BCUT2D eigenvalue weighted by Crippen LogP contribution is -2.11. The van der Waals surface area contributed by atoms with E-state index in [1.165, 1.54) is 5.56 Å². The van der Waals surface area contributed by atoms with E-state index in [9.17, 15) is 4.79 Å². The average molecular weight is 287 g/mol. The van der Waals surface area contributed by atoms with E-state index >= 15 is 0 Å². The number of hydrogen-bond acceptors (Lipinski definition) is 1. The van der Waals surface area contributed by atoms with E-state index in [0.717, 1.165) is 23.1 Å². The van der Waals surface area contributed by atoms with Crippen LogP contribution in [0.5, 0.6) is 0 Å². The Hall–Kier alpha value is -1.60. The van der Waals surface area contributed by atoms with Crippen molar-refractivity contribution in [3.8, 4) is 0 Å². The summed E-state index contributed by atoms with van der Waals surface area (Å²) in [6.45, 7) is 4.15. The fourth-order valence-electron chi connectivity index (χ4n) is 2.44. The molecule has 0 bridgehead atoms. The van der Waals surface area contributed by atoms with Crippen LogP contribution in [-0.2, 0) is 17.6 Å². The summed E-state index contributed by atoms with van der Waals surface area (Å²) in [5, 5.41) is -0.293. The third-order valence-corrected chi connectivity index (χ3v) is 3.97. The number of halogens is 1. The molecule has 0 heterocycles. The Balaban J connectivity index is 2.26. The van der Waals surface area contributed by atoms with E-state index in [1.54, 1.807) is 0 Å². The molecule has 0 amide bonds. The van der Waals surface area contributed by atoms with Gasteiger partial charge in [0.1, 0.15) is 0 Å². The van der Waals surface area contributed by atoms with Gasteiger partial charge >= 0.3 is 0 Å². The summed E-state index contributed by atoms with van der Waals surface area (Å²) in [6.07, 6.45) is 1.67. The first-order valence-electron chi connectivity index (χ1n) is 6.94. The molecule has 0 aromatic heterocycles. The first-order valence-corrected chi connectivity index (χ1v) is 7.32. The molecule has 0 saturated carbocycles. The van der Waals surface area contributed by atoms with Gasteiger partial charge in [-0.2, -0.15) is 0 Å². The summed E-state index contributed by atoms with van der Waals surface area (Å²) in [4.78, 5) is 11.8. The lowest BCUT2D eigenvalue weighted by Gasteiger charge is -2.16. The van der Waals surface area contributed by atoms with Crippen LogP contribution in [0, 0.1) is 6.92 Å². The molecular weight excluding hydrogens is 268 g/mol. The maximum absolute atomic E-state index is 11.8. The number of carbonyl (C=O) groups excluding carboxylic acids is 1. The third-order valence-electron chi connectivity index (χ3n) is 3.71. The summed E-state index contributed by atoms with van der Waals surface area (Å²) in [7, 11) is 0. The van der Waals surface area contributed by atoms with Gasteiger partial charge in [0.05, 0.1) is 5.92 Å². The molecule has 0 saturated heterocycles. The second kappa shape index (κ2) is 6.71. The predicted molar refractivity (Wildman–Crippen MR) is 84.3 cm³/mol. The second-order valence-electron chi connectivity index (χ2n) is 5.09. The number of aryl methyl sites for hydroxylation is 2. The molecule has 0 N–H and O–H groups in total. The molecule has 2 aromatic rings. The molecule has 0 aliphatic heterocycles. The van der Waals surface area contributed by atoms with Crippen molar-refractivity contribution >= 4 is 16.8 Å². The molecule has 0 radical (unpaired) electrons. The van der Waals surface area contributed by atoms with Gasteiger partial charge < -0.3 is 0 Å². The van der Waals surface area contributed by atoms with Crippen LogP contribution < -0.4 is 0 Å². The molecule has 104 valence electrons. The molecule has 0 spiro atoms. The molecular formula is C18H19ClO. The SMILES string of the molecule is CCc1ccc(CC(C(=O)Cl)c2ccccc2C)cc1. The standard InChI is InChI=1S/C18H19ClO/c1-3-14-8-10-15(11-9-14)12-17(18(19)20)16-7-5-4-6-13(16)2/h4-11,17H,3,12H2,1-2H3. The van der Waals surface area contributed by atoms with Crippen LogP contribution in [0.15, 0.2) is 48.5 Å². The molecule has 1 atom stereocenters. The number of rotatable bonds is 5. The van der Waals surface area contributed by atoms with Crippen LogP contribution in [0.25, 0.3) is 0 Å². The Morgan fingerprint density at radius 2 is 1.65 bits per heavy atom. The van der Waals surface area contributed by atoms with Crippen molar-refractivity contribution < 1.29 is 4.79 Å². The lowest BCUT2D eigenvalue weighted by molar-refractivity contribution is -0.113. The van der Waals surface area contributed by atoms with E-state index in [2.05, 4.69) is 31.2 Å². The van der Waals surface area contributed by atoms with Gasteiger partial charge in [0, 0.05) is 0 Å². The molecule has 1 unspecified atom stereocenters. The van der Waals surface area contributed by atoms with Gasteiger partial charge in [-0.15, -0.1) is 0 Å². The zero-order valence-electron chi connectivity index (χ0n) is 11.9. The fraction of sp³-hybridized carbons (Fsp3) is 0.278. The smallest absolute Gasteiger partial charge is 0.229 e. The first kappa shape index (κ1) is 14.8. The maximum atomic E-state index is 11.8. The van der Waals surface area contributed by atoms with Crippen LogP contribution in [0.1, 0.15) is 35.1 Å². The molecule has 0 fully saturated rings. The zero-order chi connectivity index (χ0) is 14.5. The Labute approximate surface area is 125 Å². The summed E-state index contributed by atoms with van der Waals surface area (Å²) < 4.78 is 0. The zero-order valence-corrected chi connectivity index (χ0v) is 12.7. The van der Waals surface area contributed by atoms with E-state index in [1.807, 2.05) is 31.2 Å². The molecule has 20 heavy (non-hydrogen) atoms. The van der Waals surface area contributed by atoms with E-state index < -0.39 is 0 Å². The molecule has 2 heteroatoms. The highest BCUT2D eigenvalue weighted by molar-refractivity contribution is 6.64. The summed E-state index contributed by atoms with van der Waals surface area (Å²) in [5.41, 5.74) is 4.58. The monoisotopic (exact) mass is 286 g/mol. The van der Waals surface area contributed by atoms with Crippen molar-refractivity contribution in [1.82, 2.24) is 0 Å². The van der Waals surface area contributed by atoms with Crippen molar-refractivity contribution in [2.24, 2.45) is 0 Å². The number of hydrogen-bond donors (Lipinski definition) is 0. The molecule has 1 nitrogen and oxygen atoms in total. The van der Waals surface area contributed by atoms with E-state index in [-0.39, 0.29) is 11.2 Å². The lowest BCUT2D eigenvalue weighted by atomic mass is 9.90. The van der Waals surface area contributed by atoms with Gasteiger partial charge in [0.15, 0.2) is 0 Å². The molecule has 0 aliphatic carbocycles. The van der Waals surface area contributed by atoms with Gasteiger partial charge in [-0.25, -0.2) is 0 Å². The van der Waals surface area contributed by atoms with Crippen LogP contribution >= 0.6 is 11.6 Å². The predicted octanol–water partition coefficient (Wildman–Crippen LogP) is 4.65. The van der Waals surface area contributed by atoms with Crippen molar-refractivity contribution in [3.63, 3.8) is 0 Å². The largest absolute Gasteiger partial charge is 0.281 e. The Morgan fingerprint density at radius 3 is 2.20 bits per heavy atom. The van der Waals surface area contributed by atoms with Crippen molar-refractivity contribution in [2.75, 3.05) is 0 Å². The highest BCUT2D eigenvalue weighted by atomic mass is 35.5. The van der Waals surface area contributed by atoms with Crippen LogP contribution in [0.2, 0.25) is 0 Å². The first-order chi connectivity index (χ1) is 9.61. The molecule has 2 aromatic carbocycles. The molecule has 2 rings (SSSR count). The van der Waals surface area contributed by atoms with Crippen molar-refractivity contribution in [3.05, 3.63) is 70.8 Å². The third kappa shape index (κ3) is 3.49. The van der Waals surface area contributed by atoms with E-state index in [0.29, 0.717) is 6.42 Å². The van der Waals surface area contributed by atoms with Gasteiger partial charge in [-0.1, -0.05) is 55.5 Å². The fourth-order valence-corrected chi connectivity index (χ4v) is 2.63. The van der Waals surface area contributed by atoms with Crippen molar-refractivity contribution in [1.29, 1.82) is 0 Å². The van der Waals surface area contributed by atoms with Gasteiger partial charge in [-0.3, -0.25) is 4.79 Å². The average Bonchev–Trinajstić information content (AvgIpc) is 2.46. The van der Waals surface area contributed by atoms with Crippen LogP contribution in [-0.4, -0.2) is 5.24 Å². The van der Waals surface area contributed by atoms with Gasteiger partial charge in [-0.05, 0) is 53.6 Å². The van der Waals surface area contributed by atoms with Crippen LogP contribution in [0.4, 0.5) is 0 Å². The number of carbonyl (C=O) groups is 1. The Morgan fingerprint density at radius 1 is 1.05 bits per heavy atom. The summed E-state index contributed by atoms with van der Waals surface area (Å²) in [5.74, 6) is -0.273. The summed E-state index contributed by atoms with van der Waals surface area (Å²) >= 11 is 5.82. The normalized spacial score (nSPS) is 12.2. The minimum atomic E-state index is -0.293. The van der Waals surface area contributed by atoms with Crippen molar-refractivity contribution in [2.45, 2.75) is 32.6 Å². The highest BCUT2D eigenvalue weighted by Crippen LogP contribution is 2.26. The topological polar surface area (TPSA) is 17.1 Å². The number of benzene rings is 2. The molecule has 0 aliphatic rings. The highest BCUT2D eigenvalue weighted by Gasteiger charge is 2.20. The Bertz CT molecular complexity index is 587. The minimum Gasteiger partial charge on any atom is -0.281 e. The van der Waals surface area contributed by atoms with E-state index in [4.69, 9.17) is 11.6 Å². The maximum Gasteiger partial charge on any atom is 0.229 e. The minimum absolute atomic E-state index is 0.273. The van der Waals surface area contributed by atoms with Gasteiger partial charge in [0.25, 0.3) is 0 Å². The quantitative estimate of drug-likeness (QED) is 0.731. The second-order valence-corrected chi connectivity index (χ2v) is 5.46. The Kier molecular flexibility index (Phi) is 4.97. The summed E-state index contributed by atoms with van der Waals surface area (Å²) in [6, 6.07) is 16.3. The van der Waals surface area contributed by atoms with Crippen LogP contribution in [0.3, 0.4) is 0 Å².